The van der Waals surface area contributed by atoms with Gasteiger partial charge < -0.3 is 19.9 Å². The molecule has 27 heavy (non-hydrogen) atoms. The highest BCUT2D eigenvalue weighted by molar-refractivity contribution is 5.80. The molecule has 0 aromatic heterocycles. The van der Waals surface area contributed by atoms with Gasteiger partial charge >= 0.3 is 0 Å². The summed E-state index contributed by atoms with van der Waals surface area (Å²) in [6.45, 7) is 6.62. The van der Waals surface area contributed by atoms with E-state index in [1.54, 1.807) is 7.05 Å². The Morgan fingerprint density at radius 2 is 2.00 bits per heavy atom. The molecule has 2 heterocycles. The molecule has 2 aliphatic rings. The third kappa shape index (κ3) is 5.79. The van der Waals surface area contributed by atoms with Crippen LogP contribution in [0.3, 0.4) is 0 Å². The summed E-state index contributed by atoms with van der Waals surface area (Å²) in [5.74, 6) is 0.140. The van der Waals surface area contributed by atoms with Crippen molar-refractivity contribution in [2.75, 3.05) is 52.9 Å². The molecule has 1 unspecified atom stereocenters. The molecule has 0 saturated carbocycles. The average Bonchev–Trinajstić information content (AvgIpc) is 3.13. The molecule has 2 aliphatic heterocycles. The molecule has 1 N–H and O–H groups in total. The fourth-order valence-electron chi connectivity index (χ4n) is 3.91. The van der Waals surface area contributed by atoms with E-state index in [0.717, 1.165) is 31.2 Å². The van der Waals surface area contributed by atoms with Gasteiger partial charge in [0.15, 0.2) is 17.6 Å². The van der Waals surface area contributed by atoms with Crippen LogP contribution in [0, 0.1) is 17.6 Å². The maximum Gasteiger partial charge on any atom is 0.193 e. The smallest absolute Gasteiger partial charge is 0.193 e. The number of hydrogen-bond donors (Lipinski definition) is 1. The van der Waals surface area contributed by atoms with Crippen molar-refractivity contribution in [2.24, 2.45) is 10.9 Å². The summed E-state index contributed by atoms with van der Waals surface area (Å²) in [6.07, 6.45) is 5.23. The van der Waals surface area contributed by atoms with Gasteiger partial charge in [-0.1, -0.05) is 6.42 Å². The monoisotopic (exact) mass is 380 g/mol. The summed E-state index contributed by atoms with van der Waals surface area (Å²) >= 11 is 0. The molecule has 1 aromatic rings. The highest BCUT2D eigenvalue weighted by atomic mass is 19.2. The average molecular weight is 380 g/mol. The summed E-state index contributed by atoms with van der Waals surface area (Å²) in [5, 5.41) is 3.30. The van der Waals surface area contributed by atoms with Gasteiger partial charge in [0, 0.05) is 32.7 Å². The number of guanidine groups is 1. The lowest BCUT2D eigenvalue weighted by Crippen LogP contribution is -2.42. The van der Waals surface area contributed by atoms with Gasteiger partial charge in [-0.25, -0.2) is 8.78 Å². The SMILES string of the molecule is CN=C(NCCOc1ccc(F)c(F)c1)N1CCC(CN2CCCCC2)C1. The summed E-state index contributed by atoms with van der Waals surface area (Å²) in [4.78, 5) is 9.27. The van der Waals surface area contributed by atoms with E-state index in [1.807, 2.05) is 0 Å². The number of aliphatic imine (C=N–C) groups is 1. The molecule has 0 aliphatic carbocycles. The van der Waals surface area contributed by atoms with Crippen molar-refractivity contribution in [3.63, 3.8) is 0 Å². The molecule has 0 spiro atoms. The number of hydrogen-bond acceptors (Lipinski definition) is 3. The van der Waals surface area contributed by atoms with Gasteiger partial charge in [-0.15, -0.1) is 0 Å². The number of benzene rings is 1. The van der Waals surface area contributed by atoms with Crippen molar-refractivity contribution in [2.45, 2.75) is 25.7 Å². The molecule has 1 atom stereocenters. The van der Waals surface area contributed by atoms with Crippen LogP contribution >= 0.6 is 0 Å². The Labute approximate surface area is 160 Å². The molecule has 2 fully saturated rings. The van der Waals surface area contributed by atoms with E-state index >= 15 is 0 Å². The van der Waals surface area contributed by atoms with Crippen molar-refractivity contribution in [1.29, 1.82) is 0 Å². The molecule has 0 amide bonds. The van der Waals surface area contributed by atoms with E-state index < -0.39 is 11.6 Å². The minimum atomic E-state index is -0.895. The maximum atomic E-state index is 13.2. The topological polar surface area (TPSA) is 40.1 Å². The van der Waals surface area contributed by atoms with E-state index in [-0.39, 0.29) is 0 Å². The lowest BCUT2D eigenvalue weighted by molar-refractivity contribution is 0.198. The van der Waals surface area contributed by atoms with Gasteiger partial charge in [0.1, 0.15) is 12.4 Å². The number of rotatable bonds is 6. The molecule has 2 saturated heterocycles. The minimum absolute atomic E-state index is 0.327. The first kappa shape index (κ1) is 19.9. The van der Waals surface area contributed by atoms with Crippen molar-refractivity contribution < 1.29 is 13.5 Å². The molecule has 1 aromatic carbocycles. The van der Waals surface area contributed by atoms with Gasteiger partial charge in [-0.3, -0.25) is 4.99 Å². The zero-order chi connectivity index (χ0) is 19.1. The molecule has 0 radical (unpaired) electrons. The van der Waals surface area contributed by atoms with Crippen LogP contribution in [0.2, 0.25) is 0 Å². The predicted molar refractivity (Wildman–Crippen MR) is 103 cm³/mol. The van der Waals surface area contributed by atoms with E-state index in [0.29, 0.717) is 24.8 Å². The Balaban J connectivity index is 1.38. The van der Waals surface area contributed by atoms with Crippen LogP contribution < -0.4 is 10.1 Å². The van der Waals surface area contributed by atoms with Gasteiger partial charge in [0.2, 0.25) is 0 Å². The number of ether oxygens (including phenoxy) is 1. The minimum Gasteiger partial charge on any atom is -0.492 e. The number of halogens is 2. The molecule has 3 rings (SSSR count). The first-order valence-electron chi connectivity index (χ1n) is 9.91. The summed E-state index contributed by atoms with van der Waals surface area (Å²) in [6, 6.07) is 3.57. The largest absolute Gasteiger partial charge is 0.492 e. The Bertz CT molecular complexity index is 634. The van der Waals surface area contributed by atoms with Gasteiger partial charge in [-0.05, 0) is 50.4 Å². The first-order valence-corrected chi connectivity index (χ1v) is 9.91. The molecular formula is C20H30F2N4O. The summed E-state index contributed by atoms with van der Waals surface area (Å²) < 4.78 is 31.6. The number of nitrogens with zero attached hydrogens (tertiary/aromatic N) is 3. The second kappa shape index (κ2) is 9.88. The van der Waals surface area contributed by atoms with Crippen LogP contribution in [0.1, 0.15) is 25.7 Å². The summed E-state index contributed by atoms with van der Waals surface area (Å²) in [5.41, 5.74) is 0. The predicted octanol–water partition coefficient (Wildman–Crippen LogP) is 2.73. The normalized spacial score (nSPS) is 21.5. The lowest BCUT2D eigenvalue weighted by Gasteiger charge is -2.29. The van der Waals surface area contributed by atoms with Gasteiger partial charge in [-0.2, -0.15) is 0 Å². The first-order chi connectivity index (χ1) is 13.2. The van der Waals surface area contributed by atoms with E-state index in [4.69, 9.17) is 4.74 Å². The highest BCUT2D eigenvalue weighted by Crippen LogP contribution is 2.20. The van der Waals surface area contributed by atoms with Crippen molar-refractivity contribution >= 4 is 5.96 Å². The van der Waals surface area contributed by atoms with Crippen LogP contribution in [0.5, 0.6) is 5.75 Å². The second-order valence-electron chi connectivity index (χ2n) is 7.36. The molecule has 150 valence electrons. The quantitative estimate of drug-likeness (QED) is 0.468. The molecule has 0 bridgehead atoms. The Hall–Kier alpha value is -1.89. The molecule has 7 heteroatoms. The molecular weight excluding hydrogens is 350 g/mol. The maximum absolute atomic E-state index is 13.2. The van der Waals surface area contributed by atoms with E-state index in [1.165, 1.54) is 51.4 Å². The Morgan fingerprint density at radius 1 is 1.19 bits per heavy atom. The Morgan fingerprint density at radius 3 is 2.74 bits per heavy atom. The van der Waals surface area contributed by atoms with Gasteiger partial charge in [0.25, 0.3) is 0 Å². The van der Waals surface area contributed by atoms with Crippen molar-refractivity contribution in [3.05, 3.63) is 29.8 Å². The van der Waals surface area contributed by atoms with E-state index in [2.05, 4.69) is 20.1 Å². The summed E-state index contributed by atoms with van der Waals surface area (Å²) in [7, 11) is 1.79. The third-order valence-electron chi connectivity index (χ3n) is 5.31. The Kier molecular flexibility index (Phi) is 7.26. The lowest BCUT2D eigenvalue weighted by atomic mass is 10.1. The standard InChI is InChI=1S/C20H30F2N4O/c1-23-20(24-8-12-27-17-5-6-18(21)19(22)13-17)26-11-7-16(15-26)14-25-9-3-2-4-10-25/h5-6,13,16H,2-4,7-12,14-15H2,1H3,(H,23,24). The van der Waals surface area contributed by atoms with Crippen LogP contribution in [-0.4, -0.2) is 68.7 Å². The van der Waals surface area contributed by atoms with Crippen molar-refractivity contribution in [3.8, 4) is 5.75 Å². The fraction of sp³-hybridized carbons (Fsp3) is 0.650. The zero-order valence-electron chi connectivity index (χ0n) is 16.1. The highest BCUT2D eigenvalue weighted by Gasteiger charge is 2.26. The third-order valence-corrected chi connectivity index (χ3v) is 5.31. The number of nitrogens with one attached hydrogen (secondary N) is 1. The van der Waals surface area contributed by atoms with Crippen LogP contribution in [0.25, 0.3) is 0 Å². The number of likely N-dealkylation sites (tertiary alicyclic amines) is 2. The second-order valence-corrected chi connectivity index (χ2v) is 7.36. The molecule has 5 nitrogen and oxygen atoms in total. The number of piperidine rings is 1. The fourth-order valence-corrected chi connectivity index (χ4v) is 3.91. The van der Waals surface area contributed by atoms with E-state index in [9.17, 15) is 8.78 Å². The van der Waals surface area contributed by atoms with Crippen LogP contribution in [0.4, 0.5) is 8.78 Å². The van der Waals surface area contributed by atoms with Gasteiger partial charge in [0.05, 0.1) is 6.54 Å². The van der Waals surface area contributed by atoms with Crippen LogP contribution in [0.15, 0.2) is 23.2 Å². The van der Waals surface area contributed by atoms with Crippen molar-refractivity contribution in [1.82, 2.24) is 15.1 Å². The van der Waals surface area contributed by atoms with Crippen LogP contribution in [-0.2, 0) is 0 Å². The zero-order valence-corrected chi connectivity index (χ0v) is 16.1.